The van der Waals surface area contributed by atoms with Crippen molar-refractivity contribution in [3.63, 3.8) is 0 Å². The maximum absolute atomic E-state index is 5.70. The molecule has 0 aliphatic carbocycles. The van der Waals surface area contributed by atoms with E-state index in [4.69, 9.17) is 34.8 Å². The van der Waals surface area contributed by atoms with Crippen molar-refractivity contribution < 1.29 is 0 Å². The summed E-state index contributed by atoms with van der Waals surface area (Å²) in [5.41, 5.74) is 0. The van der Waals surface area contributed by atoms with Crippen molar-refractivity contribution in [2.45, 2.75) is 17.6 Å². The maximum Gasteiger partial charge on any atom is 0.203 e. The molecule has 1 aliphatic heterocycles. The van der Waals surface area contributed by atoms with Crippen LogP contribution in [0.15, 0.2) is 0 Å². The van der Waals surface area contributed by atoms with Gasteiger partial charge in [0.2, 0.25) is 3.79 Å². The van der Waals surface area contributed by atoms with Gasteiger partial charge in [0.15, 0.2) is 0 Å². The first kappa shape index (κ1) is 10.9. The van der Waals surface area contributed by atoms with Crippen LogP contribution in [0.2, 0.25) is 0 Å². The Morgan fingerprint density at radius 1 is 1.17 bits per heavy atom. The first-order chi connectivity index (χ1) is 5.38. The van der Waals surface area contributed by atoms with Crippen LogP contribution in [0.25, 0.3) is 0 Å². The van der Waals surface area contributed by atoms with Crippen LogP contribution in [0.4, 0.5) is 0 Å². The largest absolute Gasteiger partial charge is 0.299 e. The molecule has 0 aromatic carbocycles. The Kier molecular flexibility index (Phi) is 3.56. The molecular weight excluding hydrogens is 216 g/mol. The predicted octanol–water partition coefficient (Wildman–Crippen LogP) is 2.94. The lowest BCUT2D eigenvalue weighted by Crippen LogP contribution is -2.30. The van der Waals surface area contributed by atoms with Gasteiger partial charge in [-0.05, 0) is 11.8 Å². The van der Waals surface area contributed by atoms with Gasteiger partial charge in [0.1, 0.15) is 0 Å². The summed E-state index contributed by atoms with van der Waals surface area (Å²) < 4.78 is -1.12. The molecule has 2 unspecified atom stereocenters. The standard InChI is InChI=1S/C8H14Cl3N/c1-6-3-12(4-7(6)2)5-8(9,10)11/h6-7H,3-5H2,1-2H3. The highest BCUT2D eigenvalue weighted by atomic mass is 35.6. The molecule has 1 rings (SSSR count). The normalized spacial score (nSPS) is 32.8. The summed E-state index contributed by atoms with van der Waals surface area (Å²) in [5.74, 6) is 1.44. The van der Waals surface area contributed by atoms with E-state index in [1.54, 1.807) is 0 Å². The summed E-state index contributed by atoms with van der Waals surface area (Å²) in [7, 11) is 0. The molecule has 0 spiro atoms. The minimum absolute atomic E-state index is 0.548. The number of hydrogen-bond donors (Lipinski definition) is 0. The minimum Gasteiger partial charge on any atom is -0.299 e. The van der Waals surface area contributed by atoms with E-state index in [0.29, 0.717) is 6.54 Å². The Balaban J connectivity index is 2.38. The first-order valence-corrected chi connectivity index (χ1v) is 5.31. The average molecular weight is 231 g/mol. The SMILES string of the molecule is CC1CN(CC(Cl)(Cl)Cl)CC1C. The van der Waals surface area contributed by atoms with Crippen molar-refractivity contribution in [1.82, 2.24) is 4.90 Å². The minimum atomic E-state index is -1.12. The summed E-state index contributed by atoms with van der Waals surface area (Å²) in [5, 5.41) is 0. The van der Waals surface area contributed by atoms with E-state index in [1.165, 1.54) is 0 Å². The molecule has 2 atom stereocenters. The van der Waals surface area contributed by atoms with Gasteiger partial charge in [-0.25, -0.2) is 0 Å². The zero-order valence-corrected chi connectivity index (χ0v) is 9.62. The molecule has 72 valence electrons. The number of hydrogen-bond acceptors (Lipinski definition) is 1. The molecule has 0 bridgehead atoms. The first-order valence-electron chi connectivity index (χ1n) is 4.17. The van der Waals surface area contributed by atoms with Gasteiger partial charge in [-0.2, -0.15) is 0 Å². The highest BCUT2D eigenvalue weighted by molar-refractivity contribution is 6.67. The number of halogens is 3. The molecule has 0 saturated carbocycles. The van der Waals surface area contributed by atoms with Gasteiger partial charge in [0, 0.05) is 19.6 Å². The summed E-state index contributed by atoms with van der Waals surface area (Å²) in [6, 6.07) is 0. The lowest BCUT2D eigenvalue weighted by atomic mass is 10.0. The van der Waals surface area contributed by atoms with Gasteiger partial charge < -0.3 is 0 Å². The van der Waals surface area contributed by atoms with Crippen LogP contribution in [0.1, 0.15) is 13.8 Å². The van der Waals surface area contributed by atoms with Crippen molar-refractivity contribution >= 4 is 34.8 Å². The van der Waals surface area contributed by atoms with E-state index < -0.39 is 3.79 Å². The average Bonchev–Trinajstić information content (AvgIpc) is 2.07. The Morgan fingerprint density at radius 3 is 1.92 bits per heavy atom. The third kappa shape index (κ3) is 3.29. The Bertz CT molecular complexity index is 145. The van der Waals surface area contributed by atoms with E-state index in [2.05, 4.69) is 18.7 Å². The second-order valence-corrected chi connectivity index (χ2v) is 6.28. The molecule has 0 radical (unpaired) electrons. The highest BCUT2D eigenvalue weighted by Crippen LogP contribution is 2.30. The molecule has 0 aromatic heterocycles. The summed E-state index contributed by atoms with van der Waals surface area (Å²) in [4.78, 5) is 2.21. The molecule has 1 heterocycles. The number of nitrogens with zero attached hydrogens (tertiary/aromatic N) is 1. The van der Waals surface area contributed by atoms with Crippen LogP contribution < -0.4 is 0 Å². The zero-order valence-electron chi connectivity index (χ0n) is 7.36. The van der Waals surface area contributed by atoms with Gasteiger partial charge in [-0.3, -0.25) is 4.90 Å². The smallest absolute Gasteiger partial charge is 0.203 e. The van der Waals surface area contributed by atoms with Gasteiger partial charge >= 0.3 is 0 Å². The molecular formula is C8H14Cl3N. The van der Waals surface area contributed by atoms with Crippen LogP contribution in [-0.2, 0) is 0 Å². The van der Waals surface area contributed by atoms with E-state index in [0.717, 1.165) is 24.9 Å². The van der Waals surface area contributed by atoms with Crippen LogP contribution in [0.3, 0.4) is 0 Å². The van der Waals surface area contributed by atoms with Crippen molar-refractivity contribution in [2.75, 3.05) is 19.6 Å². The van der Waals surface area contributed by atoms with Crippen molar-refractivity contribution in [3.05, 3.63) is 0 Å². The third-order valence-corrected chi connectivity index (χ3v) is 2.83. The number of likely N-dealkylation sites (tertiary alicyclic amines) is 1. The van der Waals surface area contributed by atoms with Crippen molar-refractivity contribution in [3.8, 4) is 0 Å². The Hall–Kier alpha value is 0.830. The zero-order chi connectivity index (χ0) is 9.35. The fourth-order valence-corrected chi connectivity index (χ4v) is 2.14. The number of rotatable bonds is 1. The Morgan fingerprint density at radius 2 is 1.58 bits per heavy atom. The van der Waals surface area contributed by atoms with Gasteiger partial charge in [-0.1, -0.05) is 48.7 Å². The highest BCUT2D eigenvalue weighted by Gasteiger charge is 2.31. The lowest BCUT2D eigenvalue weighted by Gasteiger charge is -2.20. The lowest BCUT2D eigenvalue weighted by molar-refractivity contribution is 0.331. The van der Waals surface area contributed by atoms with Crippen molar-refractivity contribution in [2.24, 2.45) is 11.8 Å². The fourth-order valence-electron chi connectivity index (χ4n) is 1.63. The van der Waals surface area contributed by atoms with E-state index in [-0.39, 0.29) is 0 Å². The van der Waals surface area contributed by atoms with Gasteiger partial charge in [0.05, 0.1) is 0 Å². The van der Waals surface area contributed by atoms with Crippen LogP contribution >= 0.6 is 34.8 Å². The number of alkyl halides is 3. The molecule has 0 N–H and O–H groups in total. The molecule has 1 nitrogen and oxygen atoms in total. The van der Waals surface area contributed by atoms with Crippen LogP contribution in [-0.4, -0.2) is 28.3 Å². The monoisotopic (exact) mass is 229 g/mol. The van der Waals surface area contributed by atoms with Gasteiger partial charge in [0.25, 0.3) is 0 Å². The second-order valence-electron chi connectivity index (χ2n) is 3.76. The fraction of sp³-hybridized carbons (Fsp3) is 1.00. The third-order valence-electron chi connectivity index (χ3n) is 2.47. The van der Waals surface area contributed by atoms with Crippen LogP contribution in [0.5, 0.6) is 0 Å². The topological polar surface area (TPSA) is 3.24 Å². The Labute approximate surface area is 89.0 Å². The quantitative estimate of drug-likeness (QED) is 0.626. The molecule has 1 fully saturated rings. The summed E-state index contributed by atoms with van der Waals surface area (Å²) in [6.45, 7) is 7.13. The molecule has 1 aliphatic rings. The molecule has 0 amide bonds. The predicted molar refractivity (Wildman–Crippen MR) is 55.1 cm³/mol. The summed E-state index contributed by atoms with van der Waals surface area (Å²) >= 11 is 17.1. The molecule has 0 aromatic rings. The maximum atomic E-state index is 5.70. The van der Waals surface area contributed by atoms with Gasteiger partial charge in [-0.15, -0.1) is 0 Å². The van der Waals surface area contributed by atoms with E-state index in [9.17, 15) is 0 Å². The van der Waals surface area contributed by atoms with Crippen molar-refractivity contribution in [1.29, 1.82) is 0 Å². The van der Waals surface area contributed by atoms with E-state index in [1.807, 2.05) is 0 Å². The second kappa shape index (κ2) is 3.91. The van der Waals surface area contributed by atoms with Crippen LogP contribution in [0, 0.1) is 11.8 Å². The van der Waals surface area contributed by atoms with E-state index >= 15 is 0 Å². The molecule has 12 heavy (non-hydrogen) atoms. The molecule has 4 heteroatoms. The summed E-state index contributed by atoms with van der Waals surface area (Å²) in [6.07, 6.45) is 0. The molecule has 1 saturated heterocycles.